The van der Waals surface area contributed by atoms with Crippen molar-refractivity contribution in [2.75, 3.05) is 13.2 Å². The summed E-state index contributed by atoms with van der Waals surface area (Å²) < 4.78 is 5.96. The molecule has 3 atom stereocenters. The summed E-state index contributed by atoms with van der Waals surface area (Å²) in [7, 11) is 0. The molecule has 3 rings (SSSR count). The quantitative estimate of drug-likeness (QED) is 0.678. The monoisotopic (exact) mass is 357 g/mol. The van der Waals surface area contributed by atoms with Crippen molar-refractivity contribution in [1.82, 2.24) is 5.32 Å². The lowest BCUT2D eigenvalue weighted by molar-refractivity contribution is -0.0772. The van der Waals surface area contributed by atoms with Crippen molar-refractivity contribution < 1.29 is 4.74 Å². The van der Waals surface area contributed by atoms with Crippen LogP contribution in [0.2, 0.25) is 0 Å². The van der Waals surface area contributed by atoms with E-state index in [-0.39, 0.29) is 5.60 Å². The first-order valence-electron chi connectivity index (χ1n) is 9.51. The molecule has 2 heterocycles. The largest absolute Gasteiger partial charge is 0.376 e. The van der Waals surface area contributed by atoms with Crippen LogP contribution in [0.25, 0.3) is 0 Å². The molecule has 0 saturated carbocycles. The van der Waals surface area contributed by atoms with Crippen molar-refractivity contribution >= 4 is 11.3 Å². The number of nitrogens with one attached hydrogen (secondary N) is 1. The zero-order chi connectivity index (χ0) is 17.7. The van der Waals surface area contributed by atoms with Gasteiger partial charge in [0.05, 0.1) is 5.60 Å². The lowest BCUT2D eigenvalue weighted by atomic mass is 9.75. The fraction of sp³-hybridized carbons (Fsp3) is 0.545. The molecule has 0 radical (unpaired) electrons. The van der Waals surface area contributed by atoms with Crippen LogP contribution in [-0.4, -0.2) is 18.8 Å². The Morgan fingerprint density at radius 2 is 2.00 bits per heavy atom. The molecular weight excluding hydrogens is 326 g/mol. The summed E-state index contributed by atoms with van der Waals surface area (Å²) >= 11 is 1.84. The molecule has 0 bridgehead atoms. The van der Waals surface area contributed by atoms with E-state index in [4.69, 9.17) is 4.74 Å². The van der Waals surface area contributed by atoms with Crippen molar-refractivity contribution in [3.05, 3.63) is 58.3 Å². The van der Waals surface area contributed by atoms with E-state index in [2.05, 4.69) is 73.9 Å². The molecule has 0 aliphatic carbocycles. The second-order valence-electron chi connectivity index (χ2n) is 7.86. The van der Waals surface area contributed by atoms with E-state index in [1.165, 1.54) is 23.3 Å². The predicted molar refractivity (Wildman–Crippen MR) is 107 cm³/mol. The minimum Gasteiger partial charge on any atom is -0.376 e. The number of hydrogen-bond donors (Lipinski definition) is 1. The molecule has 0 spiro atoms. The van der Waals surface area contributed by atoms with Crippen molar-refractivity contribution in [3.63, 3.8) is 0 Å². The molecule has 0 amide bonds. The lowest BCUT2D eigenvalue weighted by Crippen LogP contribution is -2.37. The van der Waals surface area contributed by atoms with Crippen LogP contribution in [0.1, 0.15) is 62.4 Å². The van der Waals surface area contributed by atoms with Gasteiger partial charge in [0.15, 0.2) is 0 Å². The predicted octanol–water partition coefficient (Wildman–Crippen LogP) is 5.78. The Labute approximate surface area is 156 Å². The van der Waals surface area contributed by atoms with Crippen LogP contribution in [-0.2, 0) is 4.74 Å². The van der Waals surface area contributed by atoms with Crippen LogP contribution in [0, 0.1) is 5.92 Å². The second-order valence-corrected chi connectivity index (χ2v) is 8.84. The fourth-order valence-corrected chi connectivity index (χ4v) is 4.85. The summed E-state index contributed by atoms with van der Waals surface area (Å²) in [5, 5.41) is 5.88. The smallest absolute Gasteiger partial charge is 0.0629 e. The van der Waals surface area contributed by atoms with E-state index in [0.29, 0.717) is 17.9 Å². The molecule has 0 unspecified atom stereocenters. The van der Waals surface area contributed by atoms with Crippen LogP contribution >= 0.6 is 11.3 Å². The number of ether oxygens (including phenoxy) is 1. The van der Waals surface area contributed by atoms with Crippen molar-refractivity contribution in [3.8, 4) is 0 Å². The Morgan fingerprint density at radius 1 is 1.20 bits per heavy atom. The maximum atomic E-state index is 5.96. The summed E-state index contributed by atoms with van der Waals surface area (Å²) in [4.78, 5) is 1.42. The van der Waals surface area contributed by atoms with E-state index >= 15 is 0 Å². The maximum absolute atomic E-state index is 5.96. The van der Waals surface area contributed by atoms with Gasteiger partial charge in [0.1, 0.15) is 0 Å². The number of thiophene rings is 1. The zero-order valence-corrected chi connectivity index (χ0v) is 16.5. The molecule has 1 saturated heterocycles. The van der Waals surface area contributed by atoms with Gasteiger partial charge in [-0.3, -0.25) is 0 Å². The molecule has 1 fully saturated rings. The Balaban J connectivity index is 1.65. The van der Waals surface area contributed by atoms with Crippen LogP contribution in [0.4, 0.5) is 0 Å². The van der Waals surface area contributed by atoms with Gasteiger partial charge in [0, 0.05) is 17.5 Å². The zero-order valence-electron chi connectivity index (χ0n) is 15.7. The van der Waals surface area contributed by atoms with E-state index in [1.807, 2.05) is 11.3 Å². The molecule has 1 aliphatic rings. The van der Waals surface area contributed by atoms with Gasteiger partial charge in [0.25, 0.3) is 0 Å². The molecule has 3 heteroatoms. The Hall–Kier alpha value is -1.16. The number of benzene rings is 1. The lowest BCUT2D eigenvalue weighted by Gasteiger charge is -2.39. The highest BCUT2D eigenvalue weighted by atomic mass is 32.1. The number of rotatable bonds is 7. The van der Waals surface area contributed by atoms with Gasteiger partial charge in [-0.25, -0.2) is 0 Å². The summed E-state index contributed by atoms with van der Waals surface area (Å²) in [6, 6.07) is 15.9. The first-order chi connectivity index (χ1) is 12.1. The van der Waals surface area contributed by atoms with E-state index in [9.17, 15) is 0 Å². The van der Waals surface area contributed by atoms with Gasteiger partial charge in [0.2, 0.25) is 0 Å². The molecule has 136 valence electrons. The van der Waals surface area contributed by atoms with Crippen LogP contribution in [0.5, 0.6) is 0 Å². The van der Waals surface area contributed by atoms with E-state index in [0.717, 1.165) is 19.6 Å². The molecular formula is C22H31NOS. The van der Waals surface area contributed by atoms with E-state index in [1.54, 1.807) is 0 Å². The van der Waals surface area contributed by atoms with Gasteiger partial charge >= 0.3 is 0 Å². The van der Waals surface area contributed by atoms with Gasteiger partial charge in [-0.05, 0) is 75.4 Å². The third kappa shape index (κ3) is 5.16. The third-order valence-corrected chi connectivity index (χ3v) is 6.46. The Morgan fingerprint density at radius 3 is 2.68 bits per heavy atom. The average molecular weight is 358 g/mol. The second kappa shape index (κ2) is 8.48. The Kier molecular flexibility index (Phi) is 6.32. The highest BCUT2D eigenvalue weighted by molar-refractivity contribution is 7.10. The summed E-state index contributed by atoms with van der Waals surface area (Å²) in [6.45, 7) is 8.67. The number of hydrogen-bond acceptors (Lipinski definition) is 3. The standard InChI is InChI=1S/C22H31NOS/c1-17(21-10-7-15-25-21)23-13-11-20(18-8-5-4-6-9-18)19-12-14-24-22(2,3)16-19/h4-10,15,17,19-20,23H,11-14,16H2,1-3H3/t17-,19-,20+/m1/s1. The Bertz CT molecular complexity index is 623. The van der Waals surface area contributed by atoms with Crippen molar-refractivity contribution in [2.45, 2.75) is 57.6 Å². The van der Waals surface area contributed by atoms with E-state index < -0.39 is 0 Å². The van der Waals surface area contributed by atoms with Crippen LogP contribution in [0.3, 0.4) is 0 Å². The SMILES string of the molecule is C[C@@H](NCC[C@@H](c1ccccc1)[C@@H]1CCOC(C)(C)C1)c1cccs1. The molecule has 2 nitrogen and oxygen atoms in total. The topological polar surface area (TPSA) is 21.3 Å². The minimum absolute atomic E-state index is 0.00758. The summed E-state index contributed by atoms with van der Waals surface area (Å²) in [5.41, 5.74) is 1.49. The van der Waals surface area contributed by atoms with Gasteiger partial charge in [-0.1, -0.05) is 36.4 Å². The molecule has 1 N–H and O–H groups in total. The fourth-order valence-electron chi connectivity index (χ4n) is 4.09. The maximum Gasteiger partial charge on any atom is 0.0629 e. The van der Waals surface area contributed by atoms with Crippen LogP contribution in [0.15, 0.2) is 47.8 Å². The van der Waals surface area contributed by atoms with Crippen LogP contribution < -0.4 is 5.32 Å². The first-order valence-corrected chi connectivity index (χ1v) is 10.4. The van der Waals surface area contributed by atoms with Crippen molar-refractivity contribution in [1.29, 1.82) is 0 Å². The summed E-state index contributed by atoms with van der Waals surface area (Å²) in [5.74, 6) is 1.30. The van der Waals surface area contributed by atoms with Gasteiger partial charge < -0.3 is 10.1 Å². The highest BCUT2D eigenvalue weighted by Crippen LogP contribution is 2.39. The van der Waals surface area contributed by atoms with Gasteiger partial charge in [-0.15, -0.1) is 11.3 Å². The van der Waals surface area contributed by atoms with Crippen molar-refractivity contribution in [2.24, 2.45) is 5.92 Å². The molecule has 2 aromatic rings. The van der Waals surface area contributed by atoms with Gasteiger partial charge in [-0.2, -0.15) is 0 Å². The third-order valence-electron chi connectivity index (χ3n) is 5.41. The normalized spacial score (nSPS) is 22.4. The summed E-state index contributed by atoms with van der Waals surface area (Å²) in [6.07, 6.45) is 3.50. The molecule has 25 heavy (non-hydrogen) atoms. The molecule has 1 aliphatic heterocycles. The average Bonchev–Trinajstić information content (AvgIpc) is 3.13. The molecule has 1 aromatic heterocycles. The highest BCUT2D eigenvalue weighted by Gasteiger charge is 2.33. The first kappa shape index (κ1) is 18.6. The minimum atomic E-state index is 0.00758. The molecule has 1 aromatic carbocycles.